The van der Waals surface area contributed by atoms with Gasteiger partial charge in [0.15, 0.2) is 0 Å². The van der Waals surface area contributed by atoms with Crippen molar-refractivity contribution in [2.75, 3.05) is 6.61 Å². The average molecular weight is 529 g/mol. The maximum atomic E-state index is 6.88. The first-order chi connectivity index (χ1) is 16.5. The summed E-state index contributed by atoms with van der Waals surface area (Å²) in [5.74, 6) is 1.76. The minimum Gasteiger partial charge on any atom is -0.417 e. The molecule has 0 spiro atoms. The molecule has 0 aliphatic carbocycles. The van der Waals surface area contributed by atoms with Gasteiger partial charge in [0.1, 0.15) is 11.5 Å². The summed E-state index contributed by atoms with van der Waals surface area (Å²) in [5, 5.41) is 0. The molecule has 0 heterocycles. The van der Waals surface area contributed by atoms with Gasteiger partial charge in [-0.05, 0) is 27.1 Å². The lowest BCUT2D eigenvalue weighted by Crippen LogP contribution is -2.22. The van der Waals surface area contributed by atoms with Gasteiger partial charge in [0.25, 0.3) is 0 Å². The van der Waals surface area contributed by atoms with Crippen LogP contribution in [0.25, 0.3) is 0 Å². The summed E-state index contributed by atoms with van der Waals surface area (Å²) in [7, 11) is -1.73. The summed E-state index contributed by atoms with van der Waals surface area (Å²) in [6.45, 7) is 33.8. The molecule has 208 valence electrons. The van der Waals surface area contributed by atoms with Crippen LogP contribution in [0.15, 0.2) is 36.4 Å². The smallest absolute Gasteiger partial charge is 0.417 e. The van der Waals surface area contributed by atoms with Crippen LogP contribution >= 0.6 is 8.60 Å². The monoisotopic (exact) mass is 528 g/mol. The van der Waals surface area contributed by atoms with E-state index in [1.807, 2.05) is 0 Å². The molecule has 37 heavy (non-hydrogen) atoms. The van der Waals surface area contributed by atoms with Crippen molar-refractivity contribution in [3.05, 3.63) is 58.7 Å². The number of rotatable bonds is 6. The summed E-state index contributed by atoms with van der Waals surface area (Å²) in [6, 6.07) is 13.0. The van der Waals surface area contributed by atoms with Crippen molar-refractivity contribution in [1.82, 2.24) is 0 Å². The third-order valence-electron chi connectivity index (χ3n) is 6.20. The molecule has 2 aromatic rings. The minimum atomic E-state index is -1.73. The summed E-state index contributed by atoms with van der Waals surface area (Å²) in [5.41, 5.74) is 4.24. The molecule has 0 saturated heterocycles. The van der Waals surface area contributed by atoms with Gasteiger partial charge in [-0.25, -0.2) is 0 Å². The Hall–Kier alpha value is -1.57. The summed E-state index contributed by atoms with van der Waals surface area (Å²) >= 11 is 0. The van der Waals surface area contributed by atoms with Crippen molar-refractivity contribution < 1.29 is 13.6 Å². The molecule has 0 fully saturated rings. The van der Waals surface area contributed by atoms with E-state index < -0.39 is 8.60 Å². The van der Waals surface area contributed by atoms with Crippen molar-refractivity contribution in [1.29, 1.82) is 0 Å². The molecule has 0 unspecified atom stereocenters. The molecular formula is C33H53O3P. The van der Waals surface area contributed by atoms with E-state index in [0.717, 1.165) is 33.8 Å². The molecule has 2 aromatic carbocycles. The molecule has 0 aliphatic rings. The summed E-state index contributed by atoms with van der Waals surface area (Å²) < 4.78 is 20.3. The molecule has 3 nitrogen and oxygen atoms in total. The minimum absolute atomic E-state index is 0.0277. The highest BCUT2D eigenvalue weighted by Gasteiger charge is 2.34. The summed E-state index contributed by atoms with van der Waals surface area (Å²) in [6.07, 6.45) is 0. The first-order valence-electron chi connectivity index (χ1n) is 13.6. The van der Waals surface area contributed by atoms with Gasteiger partial charge in [-0.3, -0.25) is 4.52 Å². The van der Waals surface area contributed by atoms with E-state index in [2.05, 4.69) is 140 Å². The first kappa shape index (κ1) is 31.6. The zero-order valence-electron chi connectivity index (χ0n) is 26.3. The van der Waals surface area contributed by atoms with Crippen LogP contribution in [0.3, 0.4) is 0 Å². The fourth-order valence-corrected chi connectivity index (χ4v) is 5.43. The van der Waals surface area contributed by atoms with Crippen LogP contribution in [0.5, 0.6) is 11.5 Å². The maximum absolute atomic E-state index is 6.88. The Kier molecular flexibility index (Phi) is 9.32. The Balaban J connectivity index is 2.73. The average Bonchev–Trinajstić information content (AvgIpc) is 2.68. The van der Waals surface area contributed by atoms with E-state index in [-0.39, 0.29) is 27.1 Å². The van der Waals surface area contributed by atoms with E-state index >= 15 is 0 Å². The second-order valence-corrected chi connectivity index (χ2v) is 16.7. The molecule has 0 amide bonds. The Labute approximate surface area is 229 Å². The van der Waals surface area contributed by atoms with E-state index in [0.29, 0.717) is 6.61 Å². The van der Waals surface area contributed by atoms with Crippen LogP contribution in [0.1, 0.15) is 126 Å². The second-order valence-electron chi connectivity index (χ2n) is 15.6. The van der Waals surface area contributed by atoms with E-state index in [1.54, 1.807) is 0 Å². The molecule has 0 saturated carbocycles. The van der Waals surface area contributed by atoms with Crippen molar-refractivity contribution in [3.8, 4) is 11.5 Å². The molecule has 2 rings (SSSR count). The zero-order valence-corrected chi connectivity index (χ0v) is 27.2. The standard InChI is InChI=1S/C33H53O3P/c1-29(2,3)22-34-37(35-27-23(30(4,5)6)18-16-19-24(27)31(7,8)9)36-28-25(32(10,11)12)20-17-21-26(28)33(13,14)15/h16-21H,22H2,1-15H3. The van der Waals surface area contributed by atoms with Gasteiger partial charge in [-0.1, -0.05) is 140 Å². The van der Waals surface area contributed by atoms with Gasteiger partial charge in [-0.15, -0.1) is 0 Å². The highest BCUT2D eigenvalue weighted by atomic mass is 31.2. The molecule has 0 atom stereocenters. The van der Waals surface area contributed by atoms with E-state index in [4.69, 9.17) is 13.6 Å². The lowest BCUT2D eigenvalue weighted by molar-refractivity contribution is 0.176. The van der Waals surface area contributed by atoms with E-state index in [1.165, 1.54) is 0 Å². The third kappa shape index (κ3) is 8.72. The second kappa shape index (κ2) is 10.9. The molecule has 4 heteroatoms. The SMILES string of the molecule is CC(C)(C)COP(Oc1c(C(C)(C)C)cccc1C(C)(C)C)Oc1c(C(C)(C)C)cccc1C(C)(C)C. The van der Waals surface area contributed by atoms with Crippen LogP contribution in [-0.4, -0.2) is 6.61 Å². The van der Waals surface area contributed by atoms with Gasteiger partial charge in [0, 0.05) is 22.3 Å². The van der Waals surface area contributed by atoms with Gasteiger partial charge in [0.2, 0.25) is 0 Å². The van der Waals surface area contributed by atoms with Crippen molar-refractivity contribution in [2.45, 2.75) is 126 Å². The number of para-hydroxylation sites is 2. The topological polar surface area (TPSA) is 27.7 Å². The van der Waals surface area contributed by atoms with Gasteiger partial charge >= 0.3 is 8.60 Å². The lowest BCUT2D eigenvalue weighted by atomic mass is 9.79. The number of hydrogen-bond donors (Lipinski definition) is 0. The Morgan fingerprint density at radius 1 is 0.486 bits per heavy atom. The van der Waals surface area contributed by atoms with Gasteiger partial charge in [-0.2, -0.15) is 0 Å². The fourth-order valence-electron chi connectivity index (χ4n) is 4.10. The molecule has 0 radical (unpaired) electrons. The molecule has 0 aromatic heterocycles. The van der Waals surface area contributed by atoms with Crippen LogP contribution < -0.4 is 9.05 Å². The van der Waals surface area contributed by atoms with E-state index in [9.17, 15) is 0 Å². The number of benzene rings is 2. The van der Waals surface area contributed by atoms with Crippen molar-refractivity contribution in [2.24, 2.45) is 5.41 Å². The molecular weight excluding hydrogens is 475 g/mol. The fraction of sp³-hybridized carbons (Fsp3) is 0.636. The van der Waals surface area contributed by atoms with Crippen LogP contribution in [-0.2, 0) is 26.2 Å². The molecule has 0 N–H and O–H groups in total. The highest BCUT2D eigenvalue weighted by Crippen LogP contribution is 2.52. The van der Waals surface area contributed by atoms with Crippen molar-refractivity contribution in [3.63, 3.8) is 0 Å². The van der Waals surface area contributed by atoms with Crippen LogP contribution in [0.4, 0.5) is 0 Å². The molecule has 0 bridgehead atoms. The first-order valence-corrected chi connectivity index (χ1v) is 14.7. The third-order valence-corrected chi connectivity index (χ3v) is 7.20. The predicted molar refractivity (Wildman–Crippen MR) is 161 cm³/mol. The maximum Gasteiger partial charge on any atom is 0.463 e. The van der Waals surface area contributed by atoms with Crippen LogP contribution in [0.2, 0.25) is 0 Å². The predicted octanol–water partition coefficient (Wildman–Crippen LogP) is 10.6. The Morgan fingerprint density at radius 3 is 0.973 bits per heavy atom. The lowest BCUT2D eigenvalue weighted by Gasteiger charge is -2.33. The highest BCUT2D eigenvalue weighted by molar-refractivity contribution is 7.42. The number of hydrogen-bond acceptors (Lipinski definition) is 3. The zero-order chi connectivity index (χ0) is 28.6. The van der Waals surface area contributed by atoms with Gasteiger partial charge in [0.05, 0.1) is 6.61 Å². The van der Waals surface area contributed by atoms with Crippen LogP contribution in [0, 0.1) is 5.41 Å². The quantitative estimate of drug-likeness (QED) is 0.349. The largest absolute Gasteiger partial charge is 0.463 e. The van der Waals surface area contributed by atoms with Crippen molar-refractivity contribution >= 4 is 8.60 Å². The Bertz CT molecular complexity index is 909. The normalized spacial score (nSPS) is 13.7. The Morgan fingerprint density at radius 2 is 0.757 bits per heavy atom. The molecule has 0 aliphatic heterocycles. The summed E-state index contributed by atoms with van der Waals surface area (Å²) in [4.78, 5) is 0. The van der Waals surface area contributed by atoms with Gasteiger partial charge < -0.3 is 9.05 Å².